The van der Waals surface area contributed by atoms with Crippen LogP contribution >= 0.6 is 24.0 Å². The first kappa shape index (κ1) is 21.4. The molecule has 0 amide bonds. The minimum absolute atomic E-state index is 0. The Morgan fingerprint density at radius 1 is 1.16 bits per heavy atom. The van der Waals surface area contributed by atoms with Gasteiger partial charge in [0, 0.05) is 19.6 Å². The monoisotopic (exact) mass is 461 g/mol. The lowest BCUT2D eigenvalue weighted by molar-refractivity contribution is 0.288. The van der Waals surface area contributed by atoms with Crippen LogP contribution in [0, 0.1) is 0 Å². The first-order chi connectivity index (χ1) is 11.7. The smallest absolute Gasteiger partial charge is 0.203 e. The van der Waals surface area contributed by atoms with Gasteiger partial charge in [-0.25, -0.2) is 0 Å². The van der Waals surface area contributed by atoms with E-state index in [1.165, 1.54) is 0 Å². The number of nitrogens with zero attached hydrogens (tertiary/aromatic N) is 1. The molecular weight excluding hydrogens is 433 g/mol. The fourth-order valence-corrected chi connectivity index (χ4v) is 2.63. The van der Waals surface area contributed by atoms with Crippen molar-refractivity contribution in [2.75, 3.05) is 27.9 Å². The Kier molecular flexibility index (Phi) is 9.48. The van der Waals surface area contributed by atoms with Crippen LogP contribution in [0.3, 0.4) is 0 Å². The average molecular weight is 461 g/mol. The van der Waals surface area contributed by atoms with E-state index in [0.717, 1.165) is 24.4 Å². The van der Waals surface area contributed by atoms with Crippen LogP contribution in [0.25, 0.3) is 0 Å². The number of ether oxygens (including phenoxy) is 3. The first-order valence-corrected chi connectivity index (χ1v) is 8.21. The van der Waals surface area contributed by atoms with Gasteiger partial charge in [-0.15, -0.1) is 24.0 Å². The molecule has 0 aromatic heterocycles. The van der Waals surface area contributed by atoms with Crippen LogP contribution in [-0.2, 0) is 6.54 Å². The topological polar surface area (TPSA) is 64.1 Å². The summed E-state index contributed by atoms with van der Waals surface area (Å²) >= 11 is 0. The van der Waals surface area contributed by atoms with Gasteiger partial charge in [0.2, 0.25) is 5.75 Å². The van der Waals surface area contributed by atoms with Crippen molar-refractivity contribution in [2.45, 2.75) is 32.4 Å². The second-order valence-corrected chi connectivity index (χ2v) is 5.47. The molecule has 1 aliphatic carbocycles. The normalized spacial score (nSPS) is 14.0. The first-order valence-electron chi connectivity index (χ1n) is 8.21. The zero-order valence-corrected chi connectivity index (χ0v) is 17.6. The van der Waals surface area contributed by atoms with E-state index in [9.17, 15) is 0 Å². The molecule has 1 aromatic carbocycles. The number of halogens is 1. The predicted molar refractivity (Wildman–Crippen MR) is 112 cm³/mol. The summed E-state index contributed by atoms with van der Waals surface area (Å²) in [6.07, 6.45) is 6.44. The zero-order chi connectivity index (χ0) is 17.4. The Balaban J connectivity index is 0.00000312. The summed E-state index contributed by atoms with van der Waals surface area (Å²) < 4.78 is 16.5. The summed E-state index contributed by atoms with van der Waals surface area (Å²) in [7, 11) is 5.03. The fraction of sp³-hybridized carbons (Fsp3) is 0.500. The van der Waals surface area contributed by atoms with Gasteiger partial charge in [-0.2, -0.15) is 0 Å². The summed E-state index contributed by atoms with van der Waals surface area (Å²) in [6.45, 7) is 3.09. The number of guanidine groups is 1. The number of nitrogens with one attached hydrogen (secondary N) is 2. The van der Waals surface area contributed by atoms with E-state index in [-0.39, 0.29) is 24.0 Å². The van der Waals surface area contributed by atoms with Crippen molar-refractivity contribution in [1.29, 1.82) is 0 Å². The van der Waals surface area contributed by atoms with Crippen LogP contribution in [0.4, 0.5) is 0 Å². The molecule has 0 radical (unpaired) electrons. The Morgan fingerprint density at radius 2 is 1.76 bits per heavy atom. The Hall–Kier alpha value is -1.64. The molecule has 0 heterocycles. The van der Waals surface area contributed by atoms with Crippen molar-refractivity contribution in [3.8, 4) is 17.2 Å². The van der Waals surface area contributed by atoms with Gasteiger partial charge in [-0.1, -0.05) is 12.2 Å². The molecule has 6 nitrogen and oxygen atoms in total. The van der Waals surface area contributed by atoms with Crippen LogP contribution in [0.2, 0.25) is 0 Å². The van der Waals surface area contributed by atoms with E-state index in [1.54, 1.807) is 21.3 Å². The molecule has 0 bridgehead atoms. The molecule has 7 heteroatoms. The van der Waals surface area contributed by atoms with Crippen molar-refractivity contribution in [3.63, 3.8) is 0 Å². The maximum absolute atomic E-state index is 5.63. The zero-order valence-electron chi connectivity index (χ0n) is 15.3. The molecule has 0 atom stereocenters. The fourth-order valence-electron chi connectivity index (χ4n) is 2.63. The number of hydrogen-bond acceptors (Lipinski definition) is 4. The van der Waals surface area contributed by atoms with Crippen molar-refractivity contribution in [3.05, 3.63) is 29.8 Å². The predicted octanol–water partition coefficient (Wildman–Crippen LogP) is 3.10. The molecule has 140 valence electrons. The third-order valence-electron chi connectivity index (χ3n) is 3.84. The highest BCUT2D eigenvalue weighted by molar-refractivity contribution is 14.0. The molecule has 1 aliphatic rings. The lowest BCUT2D eigenvalue weighted by Crippen LogP contribution is -2.42. The number of rotatable bonds is 7. The van der Waals surface area contributed by atoms with E-state index in [4.69, 9.17) is 14.2 Å². The lowest BCUT2D eigenvalue weighted by atomic mass is 10.1. The molecule has 25 heavy (non-hydrogen) atoms. The van der Waals surface area contributed by atoms with Crippen molar-refractivity contribution in [2.24, 2.45) is 4.99 Å². The second kappa shape index (κ2) is 11.1. The highest BCUT2D eigenvalue weighted by Crippen LogP contribution is 2.38. The SMILES string of the molecule is CCOc1c(OC)cc(CNC(=NC)NC2CC=CC2)cc1OC.I. The highest BCUT2D eigenvalue weighted by atomic mass is 127. The summed E-state index contributed by atoms with van der Waals surface area (Å²) in [4.78, 5) is 4.28. The number of methoxy groups -OCH3 is 2. The number of hydrogen-bond donors (Lipinski definition) is 2. The van der Waals surface area contributed by atoms with Gasteiger partial charge in [-0.3, -0.25) is 4.99 Å². The van der Waals surface area contributed by atoms with Crippen molar-refractivity contribution < 1.29 is 14.2 Å². The van der Waals surface area contributed by atoms with Crippen LogP contribution in [0.5, 0.6) is 17.2 Å². The van der Waals surface area contributed by atoms with Gasteiger partial charge >= 0.3 is 0 Å². The number of aliphatic imine (C=N–C) groups is 1. The maximum atomic E-state index is 5.63. The van der Waals surface area contributed by atoms with Gasteiger partial charge in [0.25, 0.3) is 0 Å². The Bertz CT molecular complexity index is 572. The molecule has 1 aromatic rings. The molecule has 2 N–H and O–H groups in total. The summed E-state index contributed by atoms with van der Waals surface area (Å²) in [5.41, 5.74) is 1.03. The van der Waals surface area contributed by atoms with Gasteiger partial charge in [0.1, 0.15) is 0 Å². The summed E-state index contributed by atoms with van der Waals surface area (Å²) in [5.74, 6) is 2.74. The highest BCUT2D eigenvalue weighted by Gasteiger charge is 2.15. The summed E-state index contributed by atoms with van der Waals surface area (Å²) in [6, 6.07) is 4.32. The number of benzene rings is 1. The maximum Gasteiger partial charge on any atom is 0.203 e. The molecular formula is C18H28IN3O3. The molecule has 0 unspecified atom stereocenters. The van der Waals surface area contributed by atoms with E-state index < -0.39 is 0 Å². The largest absolute Gasteiger partial charge is 0.493 e. The van der Waals surface area contributed by atoms with Gasteiger partial charge in [-0.05, 0) is 37.5 Å². The molecule has 0 spiro atoms. The molecule has 0 fully saturated rings. The van der Waals surface area contributed by atoms with E-state index >= 15 is 0 Å². The Labute approximate surface area is 167 Å². The minimum Gasteiger partial charge on any atom is -0.493 e. The van der Waals surface area contributed by atoms with E-state index in [2.05, 4.69) is 27.8 Å². The third kappa shape index (κ3) is 5.98. The van der Waals surface area contributed by atoms with Crippen LogP contribution < -0.4 is 24.8 Å². The average Bonchev–Trinajstić information content (AvgIpc) is 3.12. The third-order valence-corrected chi connectivity index (χ3v) is 3.84. The van der Waals surface area contributed by atoms with E-state index in [1.807, 2.05) is 19.1 Å². The molecule has 0 aliphatic heterocycles. The Morgan fingerprint density at radius 3 is 2.24 bits per heavy atom. The standard InChI is InChI=1S/C18H27N3O3.HI/c1-5-24-17-15(22-3)10-13(11-16(17)23-4)12-20-18(19-2)21-14-8-6-7-9-14;/h6-7,10-11,14H,5,8-9,12H2,1-4H3,(H2,19,20,21);1H. The van der Waals surface area contributed by atoms with E-state index in [0.29, 0.717) is 36.4 Å². The lowest BCUT2D eigenvalue weighted by Gasteiger charge is -2.18. The summed E-state index contributed by atoms with van der Waals surface area (Å²) in [5, 5.41) is 6.74. The molecule has 0 saturated heterocycles. The van der Waals surface area contributed by atoms with Crippen LogP contribution in [0.1, 0.15) is 25.3 Å². The van der Waals surface area contributed by atoms with Crippen LogP contribution in [0.15, 0.2) is 29.3 Å². The van der Waals surface area contributed by atoms with Gasteiger partial charge in [0.15, 0.2) is 17.5 Å². The van der Waals surface area contributed by atoms with Crippen molar-refractivity contribution in [1.82, 2.24) is 10.6 Å². The second-order valence-electron chi connectivity index (χ2n) is 5.47. The molecule has 2 rings (SSSR count). The van der Waals surface area contributed by atoms with Crippen molar-refractivity contribution >= 4 is 29.9 Å². The van der Waals surface area contributed by atoms with Gasteiger partial charge < -0.3 is 24.8 Å². The minimum atomic E-state index is 0. The molecule has 0 saturated carbocycles. The van der Waals surface area contributed by atoms with Crippen LogP contribution in [-0.4, -0.2) is 39.9 Å². The van der Waals surface area contributed by atoms with Gasteiger partial charge in [0.05, 0.1) is 20.8 Å². The quantitative estimate of drug-likeness (QED) is 0.283.